The Morgan fingerprint density at radius 2 is 1.86 bits per heavy atom. The van der Waals surface area contributed by atoms with E-state index in [1.54, 1.807) is 0 Å². The van der Waals surface area contributed by atoms with Crippen molar-refractivity contribution in [2.45, 2.75) is 0 Å². The quantitative estimate of drug-likeness (QED) is 0.654. The van der Waals surface area contributed by atoms with E-state index in [9.17, 15) is 25.0 Å². The van der Waals surface area contributed by atoms with Crippen molar-refractivity contribution in [3.05, 3.63) is 62.3 Å². The second-order valence-electron chi connectivity index (χ2n) is 3.93. The maximum absolute atomic E-state index is 11.0. The molecule has 1 aromatic heterocycles. The Hall–Kier alpha value is -3.56. The van der Waals surface area contributed by atoms with Crippen molar-refractivity contribution in [1.82, 2.24) is 4.98 Å². The van der Waals surface area contributed by atoms with Gasteiger partial charge in [-0.25, -0.2) is 4.79 Å². The van der Waals surface area contributed by atoms with E-state index in [0.29, 0.717) is 0 Å². The second-order valence-corrected chi connectivity index (χ2v) is 3.93. The summed E-state index contributed by atoms with van der Waals surface area (Å²) in [5.74, 6) is -2.58. The minimum Gasteiger partial charge on any atom is -0.478 e. The van der Waals surface area contributed by atoms with Gasteiger partial charge in [-0.3, -0.25) is 10.1 Å². The predicted molar refractivity (Wildman–Crippen MR) is 71.0 cm³/mol. The molecule has 0 aliphatic rings. The Morgan fingerprint density at radius 1 is 1.14 bits per heavy atom. The molecule has 0 aliphatic carbocycles. The normalized spacial score (nSPS) is 10.0. The summed E-state index contributed by atoms with van der Waals surface area (Å²) in [5, 5.41) is 30.6. The zero-order chi connectivity index (χ0) is 16.3. The Kier molecular flexibility index (Phi) is 3.93. The molecular formula is C12H7N3O7. The van der Waals surface area contributed by atoms with Gasteiger partial charge in [0.25, 0.3) is 0 Å². The topological polar surface area (TPSA) is 146 Å². The van der Waals surface area contributed by atoms with Crippen LogP contribution in [0.15, 0.2) is 36.5 Å². The maximum atomic E-state index is 11.0. The van der Waals surface area contributed by atoms with Crippen LogP contribution in [0.1, 0.15) is 10.4 Å². The molecule has 0 bridgehead atoms. The molecule has 112 valence electrons. The molecule has 0 atom stereocenters. The molecule has 0 unspecified atom stereocenters. The van der Waals surface area contributed by atoms with E-state index in [4.69, 9.17) is 9.84 Å². The second kappa shape index (κ2) is 5.83. The van der Waals surface area contributed by atoms with Gasteiger partial charge in [0.15, 0.2) is 0 Å². The molecule has 1 heterocycles. The van der Waals surface area contributed by atoms with Crippen LogP contribution in [0.5, 0.6) is 11.5 Å². The van der Waals surface area contributed by atoms with Crippen LogP contribution in [-0.4, -0.2) is 25.9 Å². The highest BCUT2D eigenvalue weighted by molar-refractivity contribution is 5.88. The van der Waals surface area contributed by atoms with Crippen LogP contribution in [0.4, 0.5) is 11.5 Å². The number of rotatable bonds is 5. The van der Waals surface area contributed by atoms with Crippen LogP contribution in [-0.2, 0) is 0 Å². The van der Waals surface area contributed by atoms with Gasteiger partial charge in [-0.15, -0.1) is 0 Å². The first-order valence-corrected chi connectivity index (χ1v) is 5.69. The largest absolute Gasteiger partial charge is 0.478 e. The summed E-state index contributed by atoms with van der Waals surface area (Å²) in [6.07, 6.45) is 1.17. The van der Waals surface area contributed by atoms with E-state index in [0.717, 1.165) is 18.2 Å². The number of benzene rings is 1. The number of hydrogen-bond donors (Lipinski definition) is 1. The zero-order valence-corrected chi connectivity index (χ0v) is 10.7. The van der Waals surface area contributed by atoms with E-state index in [2.05, 4.69) is 4.98 Å². The molecule has 0 fully saturated rings. The zero-order valence-electron chi connectivity index (χ0n) is 10.7. The number of aromatic carboxylic acids is 1. The SMILES string of the molecule is O=C(O)c1ccc(Oc2cccnc2[N+](=O)[O-])c([N+](=O)[O-])c1. The third kappa shape index (κ3) is 2.95. The minimum absolute atomic E-state index is 0.293. The fraction of sp³-hybridized carbons (Fsp3) is 0. The third-order valence-corrected chi connectivity index (χ3v) is 2.55. The van der Waals surface area contributed by atoms with Crippen LogP contribution in [0, 0.1) is 20.2 Å². The van der Waals surface area contributed by atoms with E-state index in [1.165, 1.54) is 18.3 Å². The first kappa shape index (κ1) is 14.8. The van der Waals surface area contributed by atoms with Crippen molar-refractivity contribution < 1.29 is 24.5 Å². The number of hydrogen-bond acceptors (Lipinski definition) is 7. The lowest BCUT2D eigenvalue weighted by atomic mass is 10.2. The number of carboxylic acid groups (broad SMARTS) is 1. The van der Waals surface area contributed by atoms with Gasteiger partial charge in [0.2, 0.25) is 11.5 Å². The fourth-order valence-corrected chi connectivity index (χ4v) is 1.60. The summed E-state index contributed by atoms with van der Waals surface area (Å²) in [6.45, 7) is 0. The fourth-order valence-electron chi connectivity index (χ4n) is 1.60. The van der Waals surface area contributed by atoms with Gasteiger partial charge in [0.05, 0.1) is 10.5 Å². The summed E-state index contributed by atoms with van der Waals surface area (Å²) in [5.41, 5.74) is -0.933. The number of nitro groups is 2. The van der Waals surface area contributed by atoms with Crippen molar-refractivity contribution in [2.24, 2.45) is 0 Å². The maximum Gasteiger partial charge on any atom is 0.406 e. The van der Waals surface area contributed by atoms with E-state index in [1.807, 2.05) is 0 Å². The molecule has 1 N–H and O–H groups in total. The van der Waals surface area contributed by atoms with Gasteiger partial charge in [-0.1, -0.05) is 0 Å². The van der Waals surface area contributed by atoms with Crippen LogP contribution >= 0.6 is 0 Å². The van der Waals surface area contributed by atoms with E-state index < -0.39 is 27.3 Å². The number of nitro benzene ring substituents is 1. The van der Waals surface area contributed by atoms with Crippen LogP contribution < -0.4 is 4.74 Å². The molecule has 0 saturated heterocycles. The molecule has 0 aliphatic heterocycles. The molecule has 0 radical (unpaired) electrons. The van der Waals surface area contributed by atoms with Gasteiger partial charge in [0, 0.05) is 6.07 Å². The highest BCUT2D eigenvalue weighted by Gasteiger charge is 2.23. The Morgan fingerprint density at radius 3 is 2.45 bits per heavy atom. The number of pyridine rings is 1. The minimum atomic E-state index is -1.35. The monoisotopic (exact) mass is 305 g/mol. The van der Waals surface area contributed by atoms with E-state index in [-0.39, 0.29) is 17.1 Å². The van der Waals surface area contributed by atoms with Gasteiger partial charge < -0.3 is 20.0 Å². The van der Waals surface area contributed by atoms with Crippen molar-refractivity contribution in [1.29, 1.82) is 0 Å². The lowest BCUT2D eigenvalue weighted by molar-refractivity contribution is -0.391. The number of ether oxygens (including phenoxy) is 1. The van der Waals surface area contributed by atoms with Gasteiger partial charge in [0.1, 0.15) is 6.20 Å². The molecular weight excluding hydrogens is 298 g/mol. The smallest absolute Gasteiger partial charge is 0.406 e. The molecule has 0 amide bonds. The number of nitrogens with zero attached hydrogens (tertiary/aromatic N) is 3. The highest BCUT2D eigenvalue weighted by atomic mass is 16.6. The van der Waals surface area contributed by atoms with Crippen LogP contribution in [0.25, 0.3) is 0 Å². The predicted octanol–water partition coefficient (Wildman–Crippen LogP) is 2.39. The van der Waals surface area contributed by atoms with Crippen molar-refractivity contribution in [3.8, 4) is 11.5 Å². The summed E-state index contributed by atoms with van der Waals surface area (Å²) >= 11 is 0. The summed E-state index contributed by atoms with van der Waals surface area (Å²) < 4.78 is 5.16. The van der Waals surface area contributed by atoms with Gasteiger partial charge in [-0.2, -0.15) is 0 Å². The average molecular weight is 305 g/mol. The van der Waals surface area contributed by atoms with E-state index >= 15 is 0 Å². The van der Waals surface area contributed by atoms with Crippen molar-refractivity contribution in [2.75, 3.05) is 0 Å². The molecule has 1 aromatic carbocycles. The van der Waals surface area contributed by atoms with Crippen LogP contribution in [0.3, 0.4) is 0 Å². The third-order valence-electron chi connectivity index (χ3n) is 2.55. The summed E-state index contributed by atoms with van der Waals surface area (Å²) in [4.78, 5) is 34.5. The first-order chi connectivity index (χ1) is 10.4. The van der Waals surface area contributed by atoms with Gasteiger partial charge in [-0.05, 0) is 34.2 Å². The Labute approximate surface area is 121 Å². The first-order valence-electron chi connectivity index (χ1n) is 5.69. The molecule has 2 rings (SSSR count). The standard InChI is InChI=1S/C12H7N3O7/c16-12(17)7-3-4-9(8(6-7)14(18)19)22-10-2-1-5-13-11(10)15(20)21/h1-6H,(H,16,17). The lowest BCUT2D eigenvalue weighted by Gasteiger charge is -2.06. The number of aromatic nitrogens is 1. The number of carbonyl (C=O) groups is 1. The van der Waals surface area contributed by atoms with Crippen molar-refractivity contribution in [3.63, 3.8) is 0 Å². The molecule has 22 heavy (non-hydrogen) atoms. The van der Waals surface area contributed by atoms with Gasteiger partial charge >= 0.3 is 17.5 Å². The molecule has 10 nitrogen and oxygen atoms in total. The summed E-state index contributed by atoms with van der Waals surface area (Å²) in [7, 11) is 0. The number of carboxylic acids is 1. The highest BCUT2D eigenvalue weighted by Crippen LogP contribution is 2.35. The molecule has 10 heteroatoms. The molecule has 0 saturated carbocycles. The van der Waals surface area contributed by atoms with Crippen LogP contribution in [0.2, 0.25) is 0 Å². The Balaban J connectivity index is 2.48. The molecule has 0 spiro atoms. The Bertz CT molecular complexity index is 775. The molecule has 2 aromatic rings. The average Bonchev–Trinajstić information content (AvgIpc) is 2.47. The lowest BCUT2D eigenvalue weighted by Crippen LogP contribution is -2.01. The summed E-state index contributed by atoms with van der Waals surface area (Å²) in [6, 6.07) is 5.53. The van der Waals surface area contributed by atoms with Crippen molar-refractivity contribution >= 4 is 17.5 Å².